The van der Waals surface area contributed by atoms with E-state index < -0.39 is 12.7 Å². The summed E-state index contributed by atoms with van der Waals surface area (Å²) in [7, 11) is 0. The molecule has 0 aliphatic carbocycles. The Bertz CT molecular complexity index is 2640. The first-order valence-corrected chi connectivity index (χ1v) is 20.0. The molecule has 3 nitrogen and oxygen atoms in total. The van der Waals surface area contributed by atoms with E-state index in [9.17, 15) is 5.48 Å². The fraction of sp³-hybridized carbons (Fsp3) is 0.182. The molecule has 0 saturated heterocycles. The van der Waals surface area contributed by atoms with E-state index in [0.29, 0.717) is 18.4 Å². The van der Waals surface area contributed by atoms with Crippen LogP contribution in [0.1, 0.15) is 66.6 Å². The van der Waals surface area contributed by atoms with Gasteiger partial charge in [0.15, 0.2) is 0 Å². The van der Waals surface area contributed by atoms with Crippen molar-refractivity contribution in [3.8, 4) is 44.9 Å². The van der Waals surface area contributed by atoms with E-state index in [0.717, 1.165) is 67.2 Å². The Morgan fingerprint density at radius 2 is 0.828 bits per heavy atom. The van der Waals surface area contributed by atoms with Crippen LogP contribution >= 0.6 is 0 Å². The van der Waals surface area contributed by atoms with Crippen molar-refractivity contribution in [3.05, 3.63) is 222 Å². The van der Waals surface area contributed by atoms with E-state index in [1.165, 1.54) is 0 Å². The number of nitrogens with zero attached hydrogens (tertiary/aromatic N) is 3. The van der Waals surface area contributed by atoms with Gasteiger partial charge < -0.3 is 0 Å². The molecule has 8 aromatic rings. The van der Waals surface area contributed by atoms with Crippen LogP contribution in [-0.2, 0) is 36.4 Å². The van der Waals surface area contributed by atoms with Gasteiger partial charge in [-0.1, -0.05) is 173 Å². The second-order valence-corrected chi connectivity index (χ2v) is 16.4. The van der Waals surface area contributed by atoms with Gasteiger partial charge >= 0.3 is 0 Å². The van der Waals surface area contributed by atoms with Crippen LogP contribution in [0.2, 0.25) is 0 Å². The van der Waals surface area contributed by atoms with E-state index in [1.54, 1.807) is 18.3 Å². The first-order chi connectivity index (χ1) is 29.7. The summed E-state index contributed by atoms with van der Waals surface area (Å²) in [5, 5.41) is 0. The molecule has 0 bridgehead atoms. The Labute approximate surface area is 350 Å². The van der Waals surface area contributed by atoms with Gasteiger partial charge in [0.25, 0.3) is 0 Å². The molecule has 0 atom stereocenters. The monoisotopic (exact) mass is 757 g/mol. The van der Waals surface area contributed by atoms with Crippen LogP contribution in [0.4, 0.5) is 0 Å². The maximum atomic E-state index is 9.60. The summed E-state index contributed by atoms with van der Waals surface area (Å²) < 4.78 is 38.1. The number of hydrogen-bond donors (Lipinski definition) is 0. The third-order valence-electron chi connectivity index (χ3n) is 11.0. The van der Waals surface area contributed by atoms with Gasteiger partial charge in [-0.3, -0.25) is 15.0 Å². The molecule has 58 heavy (non-hydrogen) atoms. The third-order valence-corrected chi connectivity index (χ3v) is 11.0. The number of aryl methyl sites for hydroxylation is 2. The lowest BCUT2D eigenvalue weighted by atomic mass is 9.77. The molecule has 3 aromatic heterocycles. The van der Waals surface area contributed by atoms with Crippen LogP contribution in [0.25, 0.3) is 44.9 Å². The summed E-state index contributed by atoms with van der Waals surface area (Å²) in [5.41, 5.74) is 11.5. The van der Waals surface area contributed by atoms with Gasteiger partial charge in [0.2, 0.25) is 0 Å². The minimum Gasteiger partial charge on any atom is -0.256 e. The Balaban J connectivity index is 1.12. The molecule has 5 aromatic carbocycles. The van der Waals surface area contributed by atoms with Crippen molar-refractivity contribution in [1.29, 1.82) is 0 Å². The van der Waals surface area contributed by atoms with Crippen molar-refractivity contribution < 1.29 is 5.48 Å². The zero-order chi connectivity index (χ0) is 43.5. The average molecular weight is 758 g/mol. The molecule has 286 valence electrons. The lowest BCUT2D eigenvalue weighted by Crippen LogP contribution is -2.23. The fourth-order valence-electron chi connectivity index (χ4n) is 7.68. The molecular weight excluding hydrogens is 703 g/mol. The highest BCUT2D eigenvalue weighted by atomic mass is 14.7. The van der Waals surface area contributed by atoms with Crippen LogP contribution in [-0.4, -0.2) is 15.0 Å². The highest BCUT2D eigenvalue weighted by molar-refractivity contribution is 5.70. The molecule has 3 heteroatoms. The van der Waals surface area contributed by atoms with Crippen LogP contribution in [0.3, 0.4) is 0 Å². The second kappa shape index (κ2) is 17.0. The molecule has 3 heterocycles. The molecule has 0 spiro atoms. The molecule has 8 rings (SSSR count). The molecule has 0 aliphatic heterocycles. The minimum absolute atomic E-state index is 0.257. The number of hydrogen-bond acceptors (Lipinski definition) is 3. The molecular formula is C55H51N3. The third kappa shape index (κ3) is 9.22. The lowest BCUT2D eigenvalue weighted by molar-refractivity contribution is 0.512. The lowest BCUT2D eigenvalue weighted by Gasteiger charge is -2.28. The largest absolute Gasteiger partial charge is 0.256 e. The standard InChI is InChI=1S/C55H51N3/c1-54(2,49-26-28-51(57-38-49)45-16-10-6-11-17-45)36-42-32-41(33-43(34-42)37-55(3,4)50-27-29-52(58-39-50)46-18-12-7-13-19-46)21-20-40-22-24-47(25-23-40)53-35-48(30-31-56-53)44-14-8-5-9-15-44/h5-19,22-35,38-39H,20-21,36-37H2,1-4H3/i20D2,21D2. The number of pyridine rings is 3. The van der Waals surface area contributed by atoms with Crippen molar-refractivity contribution in [3.63, 3.8) is 0 Å². The second-order valence-electron chi connectivity index (χ2n) is 16.4. The van der Waals surface area contributed by atoms with Gasteiger partial charge in [-0.25, -0.2) is 0 Å². The molecule has 0 amide bonds. The highest BCUT2D eigenvalue weighted by Crippen LogP contribution is 2.33. The smallest absolute Gasteiger partial charge is 0.0708 e. The van der Waals surface area contributed by atoms with Crippen LogP contribution < -0.4 is 0 Å². The van der Waals surface area contributed by atoms with E-state index in [-0.39, 0.29) is 16.4 Å². The van der Waals surface area contributed by atoms with Gasteiger partial charge in [0.05, 0.1) is 17.1 Å². The summed E-state index contributed by atoms with van der Waals surface area (Å²) in [6, 6.07) is 55.7. The van der Waals surface area contributed by atoms with Crippen LogP contribution in [0.5, 0.6) is 0 Å². The Hall–Kier alpha value is -6.45. The van der Waals surface area contributed by atoms with Gasteiger partial charge in [-0.05, 0) is 105 Å². The predicted molar refractivity (Wildman–Crippen MR) is 242 cm³/mol. The van der Waals surface area contributed by atoms with E-state index in [2.05, 4.69) is 99.4 Å². The van der Waals surface area contributed by atoms with E-state index in [4.69, 9.17) is 9.97 Å². The Morgan fingerprint density at radius 1 is 0.379 bits per heavy atom. The van der Waals surface area contributed by atoms with E-state index in [1.807, 2.05) is 103 Å². The fourth-order valence-corrected chi connectivity index (χ4v) is 7.68. The van der Waals surface area contributed by atoms with Crippen LogP contribution in [0.15, 0.2) is 188 Å². The summed E-state index contributed by atoms with van der Waals surface area (Å²) in [4.78, 5) is 14.3. The number of aromatic nitrogens is 3. The Kier molecular flexibility index (Phi) is 9.84. The molecule has 0 unspecified atom stereocenters. The van der Waals surface area contributed by atoms with Gasteiger partial charge in [-0.15, -0.1) is 0 Å². The van der Waals surface area contributed by atoms with Crippen LogP contribution in [0, 0.1) is 0 Å². The van der Waals surface area contributed by atoms with Crippen molar-refractivity contribution in [2.24, 2.45) is 0 Å². The molecule has 0 saturated carbocycles. The SMILES string of the molecule is [2H]C([2H])(c1ccc(-c2cc(-c3ccccc3)ccn2)cc1)C([2H])([2H])c1cc(CC(C)(C)c2ccc(-c3ccccc3)nc2)cc(CC(C)(C)c2ccc(-c3ccccc3)nc2)c1. The minimum atomic E-state index is -2.39. The van der Waals surface area contributed by atoms with Gasteiger partial charge in [-0.2, -0.15) is 0 Å². The summed E-state index contributed by atoms with van der Waals surface area (Å²) in [5.74, 6) is 0. The summed E-state index contributed by atoms with van der Waals surface area (Å²) in [6.07, 6.45) is 2.09. The normalized spacial score (nSPS) is 13.2. The van der Waals surface area contributed by atoms with Crippen molar-refractivity contribution in [2.45, 2.75) is 64.1 Å². The molecule has 0 N–H and O–H groups in total. The number of benzene rings is 5. The Morgan fingerprint density at radius 3 is 1.31 bits per heavy atom. The van der Waals surface area contributed by atoms with E-state index >= 15 is 0 Å². The van der Waals surface area contributed by atoms with Crippen molar-refractivity contribution in [2.75, 3.05) is 0 Å². The zero-order valence-corrected chi connectivity index (χ0v) is 33.7. The molecule has 0 fully saturated rings. The van der Waals surface area contributed by atoms with Crippen molar-refractivity contribution in [1.82, 2.24) is 15.0 Å². The summed E-state index contributed by atoms with van der Waals surface area (Å²) in [6.45, 7) is 8.73. The van der Waals surface area contributed by atoms with Gasteiger partial charge in [0.1, 0.15) is 0 Å². The average Bonchev–Trinajstić information content (AvgIpc) is 3.29. The number of rotatable bonds is 13. The first kappa shape index (κ1) is 33.7. The maximum absolute atomic E-state index is 9.60. The van der Waals surface area contributed by atoms with Crippen molar-refractivity contribution >= 4 is 0 Å². The topological polar surface area (TPSA) is 38.7 Å². The molecule has 0 aliphatic rings. The maximum Gasteiger partial charge on any atom is 0.0708 e. The predicted octanol–water partition coefficient (Wildman–Crippen LogP) is 13.4. The van der Waals surface area contributed by atoms with Gasteiger partial charge in [0, 0.05) is 40.8 Å². The highest BCUT2D eigenvalue weighted by Gasteiger charge is 2.25. The summed E-state index contributed by atoms with van der Waals surface area (Å²) >= 11 is 0. The quantitative estimate of drug-likeness (QED) is 0.118. The first-order valence-electron chi connectivity index (χ1n) is 22.0. The molecule has 0 radical (unpaired) electrons. The zero-order valence-electron chi connectivity index (χ0n) is 37.7.